The Labute approximate surface area is 365 Å². The van der Waals surface area contributed by atoms with Crippen LogP contribution < -0.4 is 16.0 Å². The summed E-state index contributed by atoms with van der Waals surface area (Å²) < 4.78 is 6.14. The molecule has 1 aliphatic heterocycles. The highest BCUT2D eigenvalue weighted by molar-refractivity contribution is 5.91. The fraction of sp³-hybridized carbons (Fsp3) is 0.327. The minimum atomic E-state index is -0.937. The number of H-pyrrole nitrogens is 1. The fourth-order valence-electron chi connectivity index (χ4n) is 9.12. The normalized spacial score (nSPS) is 14.9. The van der Waals surface area contributed by atoms with Crippen LogP contribution in [0.4, 0.5) is 0 Å². The number of nitrogens with two attached hydrogens (primary N) is 1. The number of ether oxygens (including phenoxy) is 1. The number of carbonyl (C=O) groups is 2. The van der Waals surface area contributed by atoms with E-state index in [0.29, 0.717) is 50.5 Å². The molecule has 7 rings (SSSR count). The highest BCUT2D eigenvalue weighted by Crippen LogP contribution is 2.43. The lowest BCUT2D eigenvalue weighted by molar-refractivity contribution is -0.130. The Morgan fingerprint density at radius 3 is 2.08 bits per heavy atom. The number of hydrogen-bond acceptors (Lipinski definition) is 7. The molecule has 4 N–H and O–H groups in total. The molecule has 0 spiro atoms. The summed E-state index contributed by atoms with van der Waals surface area (Å²) >= 11 is 0. The summed E-state index contributed by atoms with van der Waals surface area (Å²) in [5.74, 6) is 0.343. The van der Waals surface area contributed by atoms with Gasteiger partial charge in [0.1, 0.15) is 17.8 Å². The summed E-state index contributed by atoms with van der Waals surface area (Å²) in [6.07, 6.45) is 3.00. The van der Waals surface area contributed by atoms with Gasteiger partial charge in [0.2, 0.25) is 17.4 Å². The first-order valence-corrected chi connectivity index (χ1v) is 21.9. The third-order valence-corrected chi connectivity index (χ3v) is 12.4. The smallest absolute Gasteiger partial charge is 0.248 e. The minimum absolute atomic E-state index is 0.00330. The van der Waals surface area contributed by atoms with Crippen molar-refractivity contribution in [2.24, 2.45) is 11.7 Å². The number of benzene rings is 5. The summed E-state index contributed by atoms with van der Waals surface area (Å²) in [5.41, 5.74) is 10.4. The zero-order chi connectivity index (χ0) is 43.3. The molecule has 2 heterocycles. The predicted octanol–water partition coefficient (Wildman–Crippen LogP) is 7.46. The van der Waals surface area contributed by atoms with Crippen LogP contribution in [0.25, 0.3) is 10.9 Å². The number of nitrogens with one attached hydrogen (secondary N) is 1. The third-order valence-electron chi connectivity index (χ3n) is 12.4. The molecule has 1 saturated heterocycles. The number of fused-ring (bicyclic) bond motifs is 1. The molecule has 10 nitrogen and oxygen atoms in total. The number of pyridine rings is 1. The van der Waals surface area contributed by atoms with E-state index < -0.39 is 11.5 Å². The Morgan fingerprint density at radius 1 is 0.806 bits per heavy atom. The SMILES string of the molecule is CN(CCN1CCC(C(C(N)=O)(c2ccccc2)c2ccccc2)C1)C(=O)CCCCCN(Cc1ccccc1)C[C@H](O)c1ccc(OCc2ccccc2)c2[nH]c(=O)ccc12. The third kappa shape index (κ3) is 10.7. The number of hydrogen-bond donors (Lipinski definition) is 3. The average Bonchev–Trinajstić information content (AvgIpc) is 3.77. The van der Waals surface area contributed by atoms with Crippen molar-refractivity contribution in [2.75, 3.05) is 46.3 Å². The van der Waals surface area contributed by atoms with Gasteiger partial charge in [0.15, 0.2) is 0 Å². The van der Waals surface area contributed by atoms with Crippen LogP contribution in [0.2, 0.25) is 0 Å². The van der Waals surface area contributed by atoms with Crippen LogP contribution in [0.5, 0.6) is 5.75 Å². The number of aliphatic hydroxyl groups is 1. The first kappa shape index (κ1) is 44.0. The fourth-order valence-corrected chi connectivity index (χ4v) is 9.12. The Bertz CT molecular complexity index is 2370. The van der Waals surface area contributed by atoms with E-state index >= 15 is 0 Å². The van der Waals surface area contributed by atoms with Gasteiger partial charge < -0.3 is 30.4 Å². The summed E-state index contributed by atoms with van der Waals surface area (Å²) in [7, 11) is 1.88. The molecule has 0 bridgehead atoms. The van der Waals surface area contributed by atoms with Crippen LogP contribution in [-0.4, -0.2) is 82.9 Å². The van der Waals surface area contributed by atoms with Gasteiger partial charge in [0.25, 0.3) is 0 Å². The van der Waals surface area contributed by atoms with E-state index in [-0.39, 0.29) is 23.3 Å². The lowest BCUT2D eigenvalue weighted by Crippen LogP contribution is -2.49. The van der Waals surface area contributed by atoms with Gasteiger partial charge in [-0.05, 0) is 78.2 Å². The Morgan fingerprint density at radius 2 is 1.44 bits per heavy atom. The molecule has 322 valence electrons. The number of amides is 2. The number of aliphatic hydroxyl groups excluding tert-OH is 1. The number of rotatable bonds is 21. The molecule has 1 unspecified atom stereocenters. The number of aromatic nitrogens is 1. The van der Waals surface area contributed by atoms with Gasteiger partial charge in [0, 0.05) is 57.6 Å². The van der Waals surface area contributed by atoms with E-state index in [2.05, 4.69) is 26.9 Å². The van der Waals surface area contributed by atoms with E-state index in [1.807, 2.05) is 133 Å². The van der Waals surface area contributed by atoms with Crippen molar-refractivity contribution in [2.45, 2.75) is 56.8 Å². The number of primary amides is 1. The molecule has 1 aliphatic rings. The van der Waals surface area contributed by atoms with E-state index in [0.717, 1.165) is 78.5 Å². The second kappa shape index (κ2) is 21.1. The number of likely N-dealkylation sites (N-methyl/N-ethyl adjacent to an activating group) is 1. The van der Waals surface area contributed by atoms with Crippen LogP contribution in [0.15, 0.2) is 150 Å². The first-order valence-electron chi connectivity index (χ1n) is 21.9. The molecule has 0 radical (unpaired) electrons. The van der Waals surface area contributed by atoms with Gasteiger partial charge >= 0.3 is 0 Å². The van der Waals surface area contributed by atoms with Gasteiger partial charge in [-0.3, -0.25) is 19.3 Å². The number of aromatic amines is 1. The Balaban J connectivity index is 0.913. The topological polar surface area (TPSA) is 132 Å². The van der Waals surface area contributed by atoms with Crippen LogP contribution in [0.1, 0.15) is 66.0 Å². The average molecular weight is 834 g/mol. The molecule has 2 amide bonds. The van der Waals surface area contributed by atoms with Crippen molar-refractivity contribution in [3.8, 4) is 5.75 Å². The summed E-state index contributed by atoms with van der Waals surface area (Å²) in [5, 5.41) is 12.5. The Kier molecular flexibility index (Phi) is 15.0. The number of likely N-dealkylation sites (tertiary alicyclic amines) is 1. The molecule has 5 aromatic carbocycles. The lowest BCUT2D eigenvalue weighted by atomic mass is 9.64. The molecule has 1 fully saturated rings. The summed E-state index contributed by atoms with van der Waals surface area (Å²) in [6, 6.07) is 46.8. The van der Waals surface area contributed by atoms with E-state index in [4.69, 9.17) is 10.5 Å². The standard InChI is InChI=1S/C52H59N5O5/c1-55(33-34-56-32-30-43(36-56)52(51(53)61,41-21-11-4-12-22-41)42-23-13-5-14-24-42)49(60)25-15-6-16-31-57(35-39-17-7-2-8-18-39)37-46(58)44-26-28-47(50-45(44)27-29-48(59)54-50)62-38-40-19-9-3-10-20-40/h2-5,7-14,17-24,26-29,43,46,58H,6,15-16,25,30-38H2,1H3,(H2,53,61)(H,54,59)/t43?,46-/m0/s1. The summed E-state index contributed by atoms with van der Waals surface area (Å²) in [6.45, 7) is 5.04. The molecule has 10 heteroatoms. The van der Waals surface area contributed by atoms with Crippen molar-refractivity contribution in [1.82, 2.24) is 19.7 Å². The van der Waals surface area contributed by atoms with Gasteiger partial charge in [0.05, 0.1) is 11.6 Å². The number of unbranched alkanes of at least 4 members (excludes halogenated alkanes) is 2. The number of nitrogens with zero attached hydrogens (tertiary/aromatic N) is 3. The Hall–Kier alpha value is -6.07. The molecule has 2 atom stereocenters. The summed E-state index contributed by atoms with van der Waals surface area (Å²) in [4.78, 5) is 48.6. The van der Waals surface area contributed by atoms with Crippen LogP contribution in [0, 0.1) is 5.92 Å². The van der Waals surface area contributed by atoms with Gasteiger partial charge in [-0.15, -0.1) is 0 Å². The molecule has 1 aromatic heterocycles. The van der Waals surface area contributed by atoms with Crippen LogP contribution in [-0.2, 0) is 28.2 Å². The molecule has 62 heavy (non-hydrogen) atoms. The zero-order valence-electron chi connectivity index (χ0n) is 35.7. The molecule has 0 aliphatic carbocycles. The maximum atomic E-state index is 13.5. The van der Waals surface area contributed by atoms with Crippen molar-refractivity contribution in [3.05, 3.63) is 184 Å². The van der Waals surface area contributed by atoms with Crippen molar-refractivity contribution < 1.29 is 19.4 Å². The van der Waals surface area contributed by atoms with E-state index in [1.54, 1.807) is 6.07 Å². The van der Waals surface area contributed by atoms with Crippen molar-refractivity contribution in [3.63, 3.8) is 0 Å². The highest BCUT2D eigenvalue weighted by Gasteiger charge is 2.49. The largest absolute Gasteiger partial charge is 0.487 e. The highest BCUT2D eigenvalue weighted by atomic mass is 16.5. The minimum Gasteiger partial charge on any atom is -0.487 e. The molecule has 0 saturated carbocycles. The van der Waals surface area contributed by atoms with E-state index in [9.17, 15) is 19.5 Å². The first-order chi connectivity index (χ1) is 30.2. The molecular formula is C52H59N5O5. The maximum absolute atomic E-state index is 13.5. The van der Waals surface area contributed by atoms with E-state index in [1.165, 1.54) is 6.07 Å². The predicted molar refractivity (Wildman–Crippen MR) is 246 cm³/mol. The second-order valence-corrected chi connectivity index (χ2v) is 16.6. The monoisotopic (exact) mass is 833 g/mol. The second-order valence-electron chi connectivity index (χ2n) is 16.6. The van der Waals surface area contributed by atoms with Crippen LogP contribution >= 0.6 is 0 Å². The maximum Gasteiger partial charge on any atom is 0.248 e. The van der Waals surface area contributed by atoms with Crippen molar-refractivity contribution in [1.29, 1.82) is 0 Å². The lowest BCUT2D eigenvalue weighted by Gasteiger charge is -2.37. The molecular weight excluding hydrogens is 775 g/mol. The van der Waals surface area contributed by atoms with Gasteiger partial charge in [-0.25, -0.2) is 0 Å². The molecule has 6 aromatic rings. The van der Waals surface area contributed by atoms with Gasteiger partial charge in [-0.2, -0.15) is 0 Å². The number of carbonyl (C=O) groups excluding carboxylic acids is 2. The van der Waals surface area contributed by atoms with Gasteiger partial charge in [-0.1, -0.05) is 134 Å². The van der Waals surface area contributed by atoms with Crippen molar-refractivity contribution >= 4 is 22.7 Å². The zero-order valence-corrected chi connectivity index (χ0v) is 35.7. The van der Waals surface area contributed by atoms with Crippen LogP contribution in [0.3, 0.4) is 0 Å². The quantitative estimate of drug-likeness (QED) is 0.0642.